The second-order valence-corrected chi connectivity index (χ2v) is 16.0. The van der Waals surface area contributed by atoms with Crippen molar-refractivity contribution < 1.29 is 0 Å². The maximum absolute atomic E-state index is 5.11. The molecule has 0 spiro atoms. The summed E-state index contributed by atoms with van der Waals surface area (Å²) < 4.78 is 4.75. The van der Waals surface area contributed by atoms with E-state index < -0.39 is 0 Å². The van der Waals surface area contributed by atoms with Gasteiger partial charge in [0.05, 0.1) is 27.9 Å². The van der Waals surface area contributed by atoms with Crippen molar-refractivity contribution in [3.63, 3.8) is 0 Å². The molecule has 4 nitrogen and oxygen atoms in total. The molecule has 4 heteroatoms. The van der Waals surface area contributed by atoms with Crippen LogP contribution in [0, 0.1) is 0 Å². The summed E-state index contributed by atoms with van der Waals surface area (Å²) in [5.74, 6) is 0.698. The van der Waals surface area contributed by atoms with E-state index in [9.17, 15) is 0 Å². The fourth-order valence-corrected chi connectivity index (χ4v) is 8.87. The number of para-hydroxylation sites is 2. The van der Waals surface area contributed by atoms with Gasteiger partial charge in [-0.05, 0) is 90.5 Å². The number of allylic oxidation sites excluding steroid dienone is 4. The van der Waals surface area contributed by atoms with Crippen LogP contribution >= 0.6 is 0 Å². The molecule has 0 aliphatic rings. The van der Waals surface area contributed by atoms with Gasteiger partial charge in [0.2, 0.25) is 0 Å². The Balaban J connectivity index is 0.000000556. The highest BCUT2D eigenvalue weighted by molar-refractivity contribution is 6.27. The van der Waals surface area contributed by atoms with Gasteiger partial charge in [-0.2, -0.15) is 0 Å². The molecule has 0 atom stereocenters. The Hall–Kier alpha value is -8.34. The summed E-state index contributed by atoms with van der Waals surface area (Å²) >= 11 is 0. The first-order chi connectivity index (χ1) is 31.5. The van der Waals surface area contributed by atoms with Gasteiger partial charge in [-0.3, -0.25) is 0 Å². The van der Waals surface area contributed by atoms with Crippen LogP contribution in [0.2, 0.25) is 0 Å². The quantitative estimate of drug-likeness (QED) is 0.143. The SMILES string of the molecule is C=C/C(=C/C)C(=C)C.c1ccc(-c2cc(-c3ccccc3)nc(-c3cccc(-c4cccc(-n5c6ccccc6c6c7c(ccc8ccn(-c9ccccc9)c87)ccc65)c4)c3)n2)cc1. The minimum absolute atomic E-state index is 0.698. The third kappa shape index (κ3) is 7.42. The molecular weight excluding hydrogens is 777 g/mol. The van der Waals surface area contributed by atoms with Crippen molar-refractivity contribution in [2.75, 3.05) is 0 Å². The van der Waals surface area contributed by atoms with Crippen LogP contribution in [0.25, 0.3) is 99.9 Å². The van der Waals surface area contributed by atoms with Crippen LogP contribution in [-0.2, 0) is 0 Å². The second kappa shape index (κ2) is 17.2. The zero-order valence-corrected chi connectivity index (χ0v) is 36.0. The fraction of sp³-hybridized carbons (Fsp3) is 0.0333. The van der Waals surface area contributed by atoms with Crippen molar-refractivity contribution in [2.24, 2.45) is 0 Å². The lowest BCUT2D eigenvalue weighted by Gasteiger charge is -2.13. The number of fused-ring (bicyclic) bond motifs is 7. The highest BCUT2D eigenvalue weighted by atomic mass is 15.0. The first-order valence-corrected chi connectivity index (χ1v) is 21.7. The molecule has 11 aromatic rings. The Morgan fingerprint density at radius 2 is 1.06 bits per heavy atom. The van der Waals surface area contributed by atoms with Crippen LogP contribution in [-0.4, -0.2) is 19.1 Å². The number of hydrogen-bond acceptors (Lipinski definition) is 2. The predicted molar refractivity (Wildman–Crippen MR) is 271 cm³/mol. The molecule has 0 fully saturated rings. The van der Waals surface area contributed by atoms with Crippen LogP contribution < -0.4 is 0 Å². The van der Waals surface area contributed by atoms with Crippen molar-refractivity contribution in [1.29, 1.82) is 0 Å². The molecule has 0 radical (unpaired) electrons. The van der Waals surface area contributed by atoms with E-state index >= 15 is 0 Å². The maximum atomic E-state index is 5.11. The highest BCUT2D eigenvalue weighted by Gasteiger charge is 2.19. The van der Waals surface area contributed by atoms with Gasteiger partial charge in [0.15, 0.2) is 5.82 Å². The number of hydrogen-bond donors (Lipinski definition) is 0. The minimum atomic E-state index is 0.698. The van der Waals surface area contributed by atoms with E-state index in [0.717, 1.165) is 61.7 Å². The van der Waals surface area contributed by atoms with Gasteiger partial charge in [0.25, 0.3) is 0 Å². The van der Waals surface area contributed by atoms with Crippen molar-refractivity contribution in [3.05, 3.63) is 243 Å². The molecule has 0 bridgehead atoms. The maximum Gasteiger partial charge on any atom is 0.160 e. The molecule has 306 valence electrons. The van der Waals surface area contributed by atoms with Crippen molar-refractivity contribution in [3.8, 4) is 56.4 Å². The van der Waals surface area contributed by atoms with E-state index in [0.29, 0.717) is 5.82 Å². The number of rotatable bonds is 8. The summed E-state index contributed by atoms with van der Waals surface area (Å²) in [5, 5.41) is 6.21. The molecule has 11 rings (SSSR count). The average Bonchev–Trinajstić information content (AvgIpc) is 3.95. The lowest BCUT2D eigenvalue weighted by Crippen LogP contribution is -1.96. The summed E-state index contributed by atoms with van der Waals surface area (Å²) in [6, 6.07) is 71.0. The van der Waals surface area contributed by atoms with Crippen LogP contribution in [0.5, 0.6) is 0 Å². The van der Waals surface area contributed by atoms with E-state index in [1.807, 2.05) is 38.1 Å². The predicted octanol–water partition coefficient (Wildman–Crippen LogP) is 16.0. The van der Waals surface area contributed by atoms with Gasteiger partial charge in [0, 0.05) is 55.8 Å². The number of nitrogens with zero attached hydrogens (tertiary/aromatic N) is 4. The van der Waals surface area contributed by atoms with Crippen LogP contribution in [0.3, 0.4) is 0 Å². The molecule has 0 aliphatic carbocycles. The summed E-state index contributed by atoms with van der Waals surface area (Å²) in [5.41, 5.74) is 15.2. The molecule has 8 aromatic carbocycles. The highest BCUT2D eigenvalue weighted by Crippen LogP contribution is 2.41. The summed E-state index contributed by atoms with van der Waals surface area (Å²) in [6.07, 6.45) is 6.00. The van der Waals surface area contributed by atoms with E-state index in [1.54, 1.807) is 0 Å². The number of benzene rings is 8. The minimum Gasteiger partial charge on any atom is -0.316 e. The molecule has 0 N–H and O–H groups in total. The molecule has 3 heterocycles. The number of aromatic nitrogens is 4. The molecule has 0 aliphatic heterocycles. The zero-order chi connectivity index (χ0) is 43.6. The van der Waals surface area contributed by atoms with Crippen LogP contribution in [0.15, 0.2) is 243 Å². The fourth-order valence-electron chi connectivity index (χ4n) is 8.87. The third-order valence-electron chi connectivity index (χ3n) is 11.9. The molecule has 0 amide bonds. The summed E-state index contributed by atoms with van der Waals surface area (Å²) in [4.78, 5) is 10.2. The van der Waals surface area contributed by atoms with Gasteiger partial charge in [-0.1, -0.05) is 176 Å². The Kier molecular flexibility index (Phi) is 10.7. The normalized spacial score (nSPS) is 11.5. The Bertz CT molecular complexity index is 3480. The Morgan fingerprint density at radius 3 is 1.72 bits per heavy atom. The molecule has 64 heavy (non-hydrogen) atoms. The first kappa shape index (κ1) is 39.8. The van der Waals surface area contributed by atoms with Crippen molar-refractivity contribution in [2.45, 2.75) is 13.8 Å². The van der Waals surface area contributed by atoms with Crippen LogP contribution in [0.4, 0.5) is 0 Å². The van der Waals surface area contributed by atoms with Crippen LogP contribution in [0.1, 0.15) is 13.8 Å². The van der Waals surface area contributed by atoms with E-state index in [1.165, 1.54) is 43.5 Å². The molecule has 0 unspecified atom stereocenters. The van der Waals surface area contributed by atoms with E-state index in [2.05, 4.69) is 217 Å². The largest absolute Gasteiger partial charge is 0.316 e. The standard InChI is InChI=1S/C52H34N4.C8H12/c1-4-14-35(15-5-1)45-34-46(36-16-6-2-7-17-36)54-52(53-45)41-20-12-18-39(32-41)40-19-13-23-43(33-40)56-47-25-11-10-24-44(47)50-48(56)29-28-37-26-27-38-30-31-55(51(38)49(37)50)42-21-8-3-9-22-42;1-5-8(6-2)7(3)4/h1-34H;5-6H,1,3H2,2,4H3/b;8-6-. The first-order valence-electron chi connectivity index (χ1n) is 21.7. The molecule has 0 saturated carbocycles. The van der Waals surface area contributed by atoms with E-state index in [-0.39, 0.29) is 0 Å². The smallest absolute Gasteiger partial charge is 0.160 e. The van der Waals surface area contributed by atoms with Gasteiger partial charge in [0.1, 0.15) is 0 Å². The lowest BCUT2D eigenvalue weighted by molar-refractivity contribution is 1.13. The lowest BCUT2D eigenvalue weighted by atomic mass is 10.0. The molecule has 0 saturated heterocycles. The average molecular weight is 823 g/mol. The van der Waals surface area contributed by atoms with Crippen molar-refractivity contribution in [1.82, 2.24) is 19.1 Å². The monoisotopic (exact) mass is 822 g/mol. The van der Waals surface area contributed by atoms with Gasteiger partial charge in [-0.25, -0.2) is 9.97 Å². The zero-order valence-electron chi connectivity index (χ0n) is 36.0. The van der Waals surface area contributed by atoms with Crippen molar-refractivity contribution >= 4 is 43.5 Å². The molecule has 3 aromatic heterocycles. The molecular formula is C60H46N4. The topological polar surface area (TPSA) is 35.6 Å². The Labute approximate surface area is 374 Å². The van der Waals surface area contributed by atoms with E-state index in [4.69, 9.17) is 9.97 Å². The summed E-state index contributed by atoms with van der Waals surface area (Å²) in [6.45, 7) is 11.3. The second-order valence-electron chi connectivity index (χ2n) is 16.0. The van der Waals surface area contributed by atoms with Gasteiger partial charge in [-0.15, -0.1) is 0 Å². The van der Waals surface area contributed by atoms with Gasteiger partial charge >= 0.3 is 0 Å². The Morgan fingerprint density at radius 1 is 0.500 bits per heavy atom. The summed E-state index contributed by atoms with van der Waals surface area (Å²) in [7, 11) is 0. The van der Waals surface area contributed by atoms with Gasteiger partial charge < -0.3 is 9.13 Å². The third-order valence-corrected chi connectivity index (χ3v) is 11.9.